The van der Waals surface area contributed by atoms with E-state index in [2.05, 4.69) is 4.85 Å². The Bertz CT molecular complexity index is 987. The lowest BCUT2D eigenvalue weighted by molar-refractivity contribution is -0.138. The van der Waals surface area contributed by atoms with Gasteiger partial charge in [0.15, 0.2) is 11.3 Å². The van der Waals surface area contributed by atoms with Crippen LogP contribution in [0.5, 0.6) is 11.5 Å². The van der Waals surface area contributed by atoms with Gasteiger partial charge in [0.25, 0.3) is 0 Å². The highest BCUT2D eigenvalue weighted by molar-refractivity contribution is 8.26. The predicted octanol–water partition coefficient (Wildman–Crippen LogP) is 5.90. The second-order valence-electron chi connectivity index (χ2n) is 5.49. The fourth-order valence-corrected chi connectivity index (χ4v) is 8.28. The van der Waals surface area contributed by atoms with Crippen molar-refractivity contribution in [3.05, 3.63) is 31.2 Å². The van der Waals surface area contributed by atoms with Crippen molar-refractivity contribution in [1.82, 2.24) is 0 Å². The summed E-state index contributed by atoms with van der Waals surface area (Å²) in [5.41, 5.74) is 0.680. The number of esters is 1. The maximum Gasteiger partial charge on any atom is 0.350 e. The molecule has 10 heteroatoms. The maximum atomic E-state index is 12.2. The number of carbonyl (C=O) groups is 1. The van der Waals surface area contributed by atoms with Crippen molar-refractivity contribution in [2.45, 2.75) is 39.9 Å². The van der Waals surface area contributed by atoms with Gasteiger partial charge in [-0.3, -0.25) is 0 Å². The zero-order valence-corrected chi connectivity index (χ0v) is 19.3. The summed E-state index contributed by atoms with van der Waals surface area (Å²) in [5, 5.41) is 9.49. The number of nitriles is 1. The number of benzene rings is 1. The van der Waals surface area contributed by atoms with Crippen molar-refractivity contribution in [3.8, 4) is 17.6 Å². The Morgan fingerprint density at radius 1 is 1.00 bits per heavy atom. The van der Waals surface area contributed by atoms with Crippen molar-refractivity contribution in [2.24, 2.45) is 0 Å². The van der Waals surface area contributed by atoms with Gasteiger partial charge in [0.1, 0.15) is 17.6 Å². The molecule has 6 nitrogen and oxygen atoms in total. The summed E-state index contributed by atoms with van der Waals surface area (Å²) in [4.78, 5) is 19.2. The lowest BCUT2D eigenvalue weighted by atomic mass is 10.3. The van der Waals surface area contributed by atoms with E-state index in [-0.39, 0.29) is 12.2 Å². The molecule has 0 atom stereocenters. The molecule has 0 aromatic heterocycles. The van der Waals surface area contributed by atoms with E-state index in [1.165, 1.54) is 47.0 Å². The maximum absolute atomic E-state index is 12.2. The highest BCUT2D eigenvalue weighted by atomic mass is 32.2. The number of fused-ring (bicyclic) bond motifs is 2. The molecule has 0 aliphatic carbocycles. The van der Waals surface area contributed by atoms with Gasteiger partial charge < -0.3 is 14.2 Å². The van der Waals surface area contributed by atoms with E-state index in [0.717, 1.165) is 23.8 Å². The average Bonchev–Trinajstić information content (AvgIpc) is 3.32. The minimum atomic E-state index is -0.637. The molecule has 0 radical (unpaired) electrons. The molecule has 1 aromatic carbocycles. The first-order chi connectivity index (χ1) is 14.0. The zero-order chi connectivity index (χ0) is 21.1. The number of hydrogen-bond acceptors (Lipinski definition) is 9. The van der Waals surface area contributed by atoms with Gasteiger partial charge >= 0.3 is 5.97 Å². The van der Waals surface area contributed by atoms with E-state index in [4.69, 9.17) is 20.8 Å². The van der Waals surface area contributed by atoms with Crippen molar-refractivity contribution in [2.75, 3.05) is 20.8 Å². The normalized spacial score (nSPS) is 13.9. The summed E-state index contributed by atoms with van der Waals surface area (Å²) < 4.78 is 17.9. The molecule has 29 heavy (non-hydrogen) atoms. The fraction of sp³-hybridized carbons (Fsp3) is 0.316. The first-order valence-corrected chi connectivity index (χ1v) is 11.8. The molecule has 0 unspecified atom stereocenters. The van der Waals surface area contributed by atoms with Crippen LogP contribution in [0.4, 0.5) is 0 Å². The molecule has 2 heterocycles. The molecule has 2 aliphatic rings. The van der Waals surface area contributed by atoms with Crippen molar-refractivity contribution >= 4 is 53.0 Å². The van der Waals surface area contributed by atoms with Crippen LogP contribution in [0.2, 0.25) is 0 Å². The third-order valence-corrected chi connectivity index (χ3v) is 9.18. The second-order valence-corrected chi connectivity index (χ2v) is 10.1. The van der Waals surface area contributed by atoms with Crippen molar-refractivity contribution < 1.29 is 19.0 Å². The van der Waals surface area contributed by atoms with Crippen LogP contribution in [0.1, 0.15) is 20.3 Å². The highest BCUT2D eigenvalue weighted by Gasteiger charge is 2.38. The lowest BCUT2D eigenvalue weighted by Crippen LogP contribution is -2.07. The summed E-state index contributed by atoms with van der Waals surface area (Å²) in [5.74, 6) is 0.691. The van der Waals surface area contributed by atoms with E-state index in [1.807, 2.05) is 13.0 Å². The smallest absolute Gasteiger partial charge is 0.350 e. The Morgan fingerprint density at radius 2 is 1.48 bits per heavy atom. The van der Waals surface area contributed by atoms with E-state index < -0.39 is 5.97 Å². The number of carbonyl (C=O) groups excluding carboxylic acids is 1. The van der Waals surface area contributed by atoms with Crippen LogP contribution in [0.3, 0.4) is 0 Å². The van der Waals surface area contributed by atoms with Gasteiger partial charge in [-0.1, -0.05) is 54.0 Å². The third-order valence-electron chi connectivity index (χ3n) is 3.93. The standard InChI is InChI=1S/C19H16N2O4S4/c1-6-10(21-3)19-28-15-11(23-4)13-14(12(24-5)16(15)29-19)27-18(26-13)9(8-20)17(22)25-7-2/h6-7H2,1-2,4-5H3. The monoisotopic (exact) mass is 464 g/mol. The fourth-order valence-electron chi connectivity index (χ4n) is 2.64. The number of nitrogens with zero attached hydrogens (tertiary/aromatic N) is 2. The molecular weight excluding hydrogens is 448 g/mol. The van der Waals surface area contributed by atoms with E-state index >= 15 is 0 Å². The molecule has 0 amide bonds. The first kappa shape index (κ1) is 21.8. The van der Waals surface area contributed by atoms with Crippen LogP contribution in [0.15, 0.2) is 39.3 Å². The SMILES string of the molecule is [C-]#[N+]C(CC)=C1Sc2c(OC)c3c(c(OC)c2S1)SC(=C(C#N)C(=O)OCC)S3. The van der Waals surface area contributed by atoms with Gasteiger partial charge in [0, 0.05) is 0 Å². The Hall–Kier alpha value is -1.85. The molecule has 0 saturated carbocycles. The molecule has 0 N–H and O–H groups in total. The second kappa shape index (κ2) is 9.31. The Morgan fingerprint density at radius 3 is 1.83 bits per heavy atom. The highest BCUT2D eigenvalue weighted by Crippen LogP contribution is 2.68. The molecule has 0 spiro atoms. The number of methoxy groups -OCH3 is 2. The Kier molecular flexibility index (Phi) is 7.01. The predicted molar refractivity (Wildman–Crippen MR) is 116 cm³/mol. The van der Waals surface area contributed by atoms with Crippen molar-refractivity contribution in [1.29, 1.82) is 5.26 Å². The number of thioether (sulfide) groups is 4. The summed E-state index contributed by atoms with van der Waals surface area (Å²) in [6, 6.07) is 1.96. The molecule has 2 aliphatic heterocycles. The van der Waals surface area contributed by atoms with Crippen LogP contribution >= 0.6 is 47.0 Å². The van der Waals surface area contributed by atoms with Crippen LogP contribution in [-0.2, 0) is 9.53 Å². The Balaban J connectivity index is 2.15. The van der Waals surface area contributed by atoms with E-state index in [9.17, 15) is 10.1 Å². The van der Waals surface area contributed by atoms with Gasteiger partial charge in [0.2, 0.25) is 0 Å². The number of rotatable bonds is 5. The molecule has 1 aromatic rings. The summed E-state index contributed by atoms with van der Waals surface area (Å²) >= 11 is 5.61. The van der Waals surface area contributed by atoms with Gasteiger partial charge in [0.05, 0.1) is 55.5 Å². The Labute approximate surface area is 186 Å². The quantitative estimate of drug-likeness (QED) is 0.229. The van der Waals surface area contributed by atoms with E-state index in [0.29, 0.717) is 27.9 Å². The first-order valence-electron chi connectivity index (χ1n) is 8.49. The summed E-state index contributed by atoms with van der Waals surface area (Å²) in [6.07, 6.45) is 0.651. The summed E-state index contributed by atoms with van der Waals surface area (Å²) in [6.45, 7) is 11.3. The van der Waals surface area contributed by atoms with Gasteiger partial charge in [-0.25, -0.2) is 9.64 Å². The topological polar surface area (TPSA) is 72.9 Å². The van der Waals surface area contributed by atoms with Gasteiger partial charge in [-0.2, -0.15) is 5.26 Å². The molecular formula is C19H16N2O4S4. The summed E-state index contributed by atoms with van der Waals surface area (Å²) in [7, 11) is 3.18. The number of ether oxygens (including phenoxy) is 3. The molecule has 0 bridgehead atoms. The molecule has 3 rings (SSSR count). The number of allylic oxidation sites excluding steroid dienone is 1. The van der Waals surface area contributed by atoms with Gasteiger partial charge in [-0.15, -0.1) is 0 Å². The van der Waals surface area contributed by atoms with E-state index in [1.54, 1.807) is 21.1 Å². The van der Waals surface area contributed by atoms with Gasteiger partial charge in [-0.05, 0) is 13.3 Å². The average molecular weight is 465 g/mol. The molecule has 0 fully saturated rings. The van der Waals surface area contributed by atoms with Crippen LogP contribution in [0.25, 0.3) is 4.85 Å². The molecule has 150 valence electrons. The van der Waals surface area contributed by atoms with Crippen LogP contribution in [-0.4, -0.2) is 26.8 Å². The number of hydrogen-bond donors (Lipinski definition) is 0. The van der Waals surface area contributed by atoms with Crippen molar-refractivity contribution in [3.63, 3.8) is 0 Å². The minimum absolute atomic E-state index is 0.0236. The van der Waals surface area contributed by atoms with Crippen LogP contribution in [0, 0.1) is 17.9 Å². The third kappa shape index (κ3) is 3.82. The molecule has 0 saturated heterocycles. The minimum Gasteiger partial charge on any atom is -0.494 e. The largest absolute Gasteiger partial charge is 0.494 e. The zero-order valence-electron chi connectivity index (χ0n) is 16.1. The lowest BCUT2D eigenvalue weighted by Gasteiger charge is -2.14. The van der Waals surface area contributed by atoms with Crippen LogP contribution < -0.4 is 9.47 Å².